The number of rotatable bonds is 7. The number of nitrogens with one attached hydrogen (secondary N) is 2. The van der Waals surface area contributed by atoms with Gasteiger partial charge in [-0.2, -0.15) is 0 Å². The first kappa shape index (κ1) is 22.9. The fourth-order valence-corrected chi connectivity index (χ4v) is 4.44. The maximum Gasteiger partial charge on any atom is 0.222 e. The summed E-state index contributed by atoms with van der Waals surface area (Å²) in [6.07, 6.45) is 1.80. The molecule has 1 aromatic heterocycles. The Bertz CT molecular complexity index is 1180. The van der Waals surface area contributed by atoms with Crippen LogP contribution < -0.4 is 5.32 Å². The lowest BCUT2D eigenvalue weighted by atomic mass is 9.70. The summed E-state index contributed by atoms with van der Waals surface area (Å²) in [6.45, 7) is 0.489. The average molecular weight is 457 g/mol. The fourth-order valence-electron chi connectivity index (χ4n) is 4.44. The Labute approximate surface area is 190 Å². The molecule has 0 bridgehead atoms. The SMILES string of the molecule is CN(C)C(=O)CCC(=O)NCC1CC(c2c(-c3ccc(F)cc3)[nH]c3c(F)cc(F)cc23)C1. The molecule has 0 atom stereocenters. The number of amides is 2. The first-order valence-corrected chi connectivity index (χ1v) is 11.0. The summed E-state index contributed by atoms with van der Waals surface area (Å²) in [6, 6.07) is 8.07. The second kappa shape index (κ2) is 9.29. The molecule has 2 amide bonds. The molecule has 1 aliphatic carbocycles. The molecular weight excluding hydrogens is 431 g/mol. The zero-order chi connectivity index (χ0) is 23.7. The monoisotopic (exact) mass is 457 g/mol. The van der Waals surface area contributed by atoms with Crippen molar-refractivity contribution in [2.45, 2.75) is 31.6 Å². The number of carbonyl (C=O) groups is 2. The lowest BCUT2D eigenvalue weighted by Gasteiger charge is -2.36. The van der Waals surface area contributed by atoms with Gasteiger partial charge in [0, 0.05) is 44.9 Å². The van der Waals surface area contributed by atoms with E-state index >= 15 is 0 Å². The summed E-state index contributed by atoms with van der Waals surface area (Å²) in [5.74, 6) is -1.68. The van der Waals surface area contributed by atoms with Crippen molar-refractivity contribution < 1.29 is 22.8 Å². The van der Waals surface area contributed by atoms with E-state index in [0.717, 1.165) is 24.5 Å². The van der Waals surface area contributed by atoms with Crippen LogP contribution in [0.3, 0.4) is 0 Å². The van der Waals surface area contributed by atoms with Crippen LogP contribution in [-0.2, 0) is 9.59 Å². The van der Waals surface area contributed by atoms with Crippen LogP contribution in [-0.4, -0.2) is 42.3 Å². The average Bonchev–Trinajstić information content (AvgIpc) is 3.10. The van der Waals surface area contributed by atoms with Gasteiger partial charge in [-0.25, -0.2) is 13.2 Å². The summed E-state index contributed by atoms with van der Waals surface area (Å²) in [5.41, 5.74) is 2.40. The number of benzene rings is 2. The molecule has 5 nitrogen and oxygen atoms in total. The molecule has 4 rings (SSSR count). The fraction of sp³-hybridized carbons (Fsp3) is 0.360. The van der Waals surface area contributed by atoms with Crippen LogP contribution in [0, 0.1) is 23.4 Å². The van der Waals surface area contributed by atoms with E-state index in [9.17, 15) is 22.8 Å². The molecule has 2 aromatic carbocycles. The van der Waals surface area contributed by atoms with Gasteiger partial charge in [0.2, 0.25) is 11.8 Å². The second-order valence-electron chi connectivity index (χ2n) is 8.86. The minimum absolute atomic E-state index is 0.0530. The highest BCUT2D eigenvalue weighted by atomic mass is 19.1. The molecule has 2 N–H and O–H groups in total. The Morgan fingerprint density at radius 2 is 1.73 bits per heavy atom. The van der Waals surface area contributed by atoms with Crippen molar-refractivity contribution in [2.24, 2.45) is 5.92 Å². The van der Waals surface area contributed by atoms with Crippen LogP contribution in [0.1, 0.15) is 37.2 Å². The number of H-pyrrole nitrogens is 1. The Morgan fingerprint density at radius 3 is 2.39 bits per heavy atom. The highest BCUT2D eigenvalue weighted by Crippen LogP contribution is 2.48. The normalized spacial score (nSPS) is 17.6. The highest BCUT2D eigenvalue weighted by Gasteiger charge is 2.34. The maximum absolute atomic E-state index is 14.5. The van der Waals surface area contributed by atoms with Gasteiger partial charge in [0.25, 0.3) is 0 Å². The second-order valence-corrected chi connectivity index (χ2v) is 8.86. The summed E-state index contributed by atoms with van der Waals surface area (Å²) in [4.78, 5) is 28.2. The van der Waals surface area contributed by atoms with E-state index in [1.807, 2.05) is 0 Å². The molecule has 1 heterocycles. The molecule has 0 saturated heterocycles. The van der Waals surface area contributed by atoms with Crippen LogP contribution in [0.15, 0.2) is 36.4 Å². The number of halogens is 3. The van der Waals surface area contributed by atoms with Crippen LogP contribution in [0.5, 0.6) is 0 Å². The van der Waals surface area contributed by atoms with Crippen molar-refractivity contribution >= 4 is 22.7 Å². The standard InChI is InChI=1S/C25H26F3N3O2/c1-31(2)22(33)8-7-21(32)29-13-14-9-16(10-14)23-19-11-18(27)12-20(28)25(19)30-24(23)15-3-5-17(26)6-4-15/h3-6,11-12,14,16,30H,7-10,13H2,1-2H3,(H,29,32). The number of fused-ring (bicyclic) bond motifs is 1. The summed E-state index contributed by atoms with van der Waals surface area (Å²) in [7, 11) is 3.30. The maximum atomic E-state index is 14.5. The van der Waals surface area contributed by atoms with E-state index in [1.54, 1.807) is 26.2 Å². The van der Waals surface area contributed by atoms with Crippen LogP contribution in [0.4, 0.5) is 13.2 Å². The number of carbonyl (C=O) groups excluding carboxylic acids is 2. The number of nitrogens with zero attached hydrogens (tertiary/aromatic N) is 1. The van der Waals surface area contributed by atoms with Gasteiger partial charge in [0.05, 0.1) is 11.2 Å². The smallest absolute Gasteiger partial charge is 0.222 e. The zero-order valence-electron chi connectivity index (χ0n) is 18.6. The van der Waals surface area contributed by atoms with Crippen LogP contribution in [0.2, 0.25) is 0 Å². The van der Waals surface area contributed by atoms with Crippen molar-refractivity contribution in [2.75, 3.05) is 20.6 Å². The predicted molar refractivity (Wildman–Crippen MR) is 120 cm³/mol. The minimum atomic E-state index is -0.671. The first-order chi connectivity index (χ1) is 15.7. The third-order valence-corrected chi connectivity index (χ3v) is 6.29. The third-order valence-electron chi connectivity index (χ3n) is 6.29. The number of aromatic amines is 1. The molecule has 174 valence electrons. The molecule has 0 unspecified atom stereocenters. The van der Waals surface area contributed by atoms with Gasteiger partial charge in [-0.1, -0.05) is 0 Å². The molecule has 0 aliphatic heterocycles. The van der Waals surface area contributed by atoms with E-state index in [1.165, 1.54) is 23.1 Å². The Hall–Kier alpha value is -3.29. The third kappa shape index (κ3) is 4.89. The summed E-state index contributed by atoms with van der Waals surface area (Å²) in [5, 5.41) is 3.36. The largest absolute Gasteiger partial charge is 0.356 e. The van der Waals surface area contributed by atoms with E-state index in [0.29, 0.717) is 23.2 Å². The predicted octanol–water partition coefficient (Wildman–Crippen LogP) is 4.73. The topological polar surface area (TPSA) is 65.2 Å². The quantitative estimate of drug-likeness (QED) is 0.539. The molecule has 1 saturated carbocycles. The van der Waals surface area contributed by atoms with Crippen molar-refractivity contribution in [3.05, 3.63) is 59.4 Å². The molecule has 1 fully saturated rings. The van der Waals surface area contributed by atoms with Crippen molar-refractivity contribution in [3.63, 3.8) is 0 Å². The molecule has 3 aromatic rings. The van der Waals surface area contributed by atoms with Gasteiger partial charge < -0.3 is 15.2 Å². The Kier molecular flexibility index (Phi) is 6.44. The number of aromatic nitrogens is 1. The first-order valence-electron chi connectivity index (χ1n) is 11.0. The molecular formula is C25H26F3N3O2. The van der Waals surface area contributed by atoms with Crippen molar-refractivity contribution in [1.82, 2.24) is 15.2 Å². The number of hydrogen-bond acceptors (Lipinski definition) is 2. The van der Waals surface area contributed by atoms with Crippen molar-refractivity contribution in [1.29, 1.82) is 0 Å². The van der Waals surface area contributed by atoms with Gasteiger partial charge >= 0.3 is 0 Å². The van der Waals surface area contributed by atoms with Crippen LogP contribution in [0.25, 0.3) is 22.2 Å². The zero-order valence-corrected chi connectivity index (χ0v) is 18.6. The highest BCUT2D eigenvalue weighted by molar-refractivity contribution is 5.92. The van der Waals surface area contributed by atoms with Gasteiger partial charge in [-0.15, -0.1) is 0 Å². The van der Waals surface area contributed by atoms with Gasteiger partial charge in [-0.3, -0.25) is 9.59 Å². The molecule has 0 spiro atoms. The molecule has 33 heavy (non-hydrogen) atoms. The van der Waals surface area contributed by atoms with E-state index in [-0.39, 0.29) is 47.8 Å². The summed E-state index contributed by atoms with van der Waals surface area (Å²) < 4.78 is 41.9. The minimum Gasteiger partial charge on any atom is -0.356 e. The van der Waals surface area contributed by atoms with Gasteiger partial charge in [0.1, 0.15) is 17.5 Å². The molecule has 1 aliphatic rings. The number of hydrogen-bond donors (Lipinski definition) is 2. The summed E-state index contributed by atoms with van der Waals surface area (Å²) >= 11 is 0. The van der Waals surface area contributed by atoms with E-state index in [2.05, 4.69) is 10.3 Å². The van der Waals surface area contributed by atoms with Gasteiger partial charge in [-0.05, 0) is 66.1 Å². The molecule has 8 heteroatoms. The van der Waals surface area contributed by atoms with Gasteiger partial charge in [0.15, 0.2) is 0 Å². The van der Waals surface area contributed by atoms with Crippen molar-refractivity contribution in [3.8, 4) is 11.3 Å². The van der Waals surface area contributed by atoms with E-state index in [4.69, 9.17) is 0 Å². The lowest BCUT2D eigenvalue weighted by Crippen LogP contribution is -2.35. The Morgan fingerprint density at radius 1 is 1.03 bits per heavy atom. The Balaban J connectivity index is 1.48. The van der Waals surface area contributed by atoms with E-state index < -0.39 is 11.6 Å². The molecule has 0 radical (unpaired) electrons. The lowest BCUT2D eigenvalue weighted by molar-refractivity contribution is -0.131. The van der Waals surface area contributed by atoms with Crippen LogP contribution >= 0.6 is 0 Å².